The van der Waals surface area contributed by atoms with Crippen LogP contribution in [0.2, 0.25) is 0 Å². The number of amides is 4. The Morgan fingerprint density at radius 1 is 0.368 bits per heavy atom. The van der Waals surface area contributed by atoms with Crippen molar-refractivity contribution in [2.45, 2.75) is 278 Å². The highest BCUT2D eigenvalue weighted by atomic mass is 16.2. The Balaban J connectivity index is 4.86. The quantitative estimate of drug-likeness (QED) is 0.0523. The van der Waals surface area contributed by atoms with Gasteiger partial charge in [0.1, 0.15) is 12.1 Å². The summed E-state index contributed by atoms with van der Waals surface area (Å²) in [6, 6.07) is -0.939. The molecular formula is C58H116N6O4. The fourth-order valence-corrected chi connectivity index (χ4v) is 9.69. The van der Waals surface area contributed by atoms with E-state index in [1.165, 1.54) is 141 Å². The zero-order valence-corrected chi connectivity index (χ0v) is 46.8. The summed E-state index contributed by atoms with van der Waals surface area (Å²) >= 11 is 0. The van der Waals surface area contributed by atoms with Crippen molar-refractivity contribution in [3.05, 3.63) is 0 Å². The Kier molecular flexibility index (Phi) is 45.6. The monoisotopic (exact) mass is 961 g/mol. The van der Waals surface area contributed by atoms with Crippen LogP contribution in [-0.2, 0) is 19.2 Å². The van der Waals surface area contributed by atoms with Crippen LogP contribution in [0, 0.1) is 11.8 Å². The van der Waals surface area contributed by atoms with Gasteiger partial charge >= 0.3 is 0 Å². The van der Waals surface area contributed by atoms with Crippen LogP contribution >= 0.6 is 0 Å². The summed E-state index contributed by atoms with van der Waals surface area (Å²) < 4.78 is 0. The molecule has 0 aromatic heterocycles. The third-order valence-electron chi connectivity index (χ3n) is 13.9. The fraction of sp³-hybridized carbons (Fsp3) is 0.931. The predicted octanol–water partition coefficient (Wildman–Crippen LogP) is 13.4. The number of nitrogens with zero attached hydrogens (tertiary/aromatic N) is 3. The minimum absolute atomic E-state index is 0.0157. The third kappa shape index (κ3) is 36.7. The molecule has 402 valence electrons. The van der Waals surface area contributed by atoms with E-state index in [1.54, 1.807) is 0 Å². The topological polar surface area (TPSA) is 114 Å². The largest absolute Gasteiger partial charge is 0.354 e. The van der Waals surface area contributed by atoms with E-state index in [2.05, 4.69) is 62.6 Å². The Labute approximate surface area is 422 Å². The number of carbonyl (C=O) groups excluding carboxylic acids is 4. The molecule has 0 aromatic carbocycles. The van der Waals surface area contributed by atoms with E-state index >= 15 is 0 Å². The first-order valence-electron chi connectivity index (χ1n) is 29.4. The molecule has 0 heterocycles. The molecule has 0 fully saturated rings. The lowest BCUT2D eigenvalue weighted by Gasteiger charge is -2.34. The van der Waals surface area contributed by atoms with Crippen molar-refractivity contribution in [1.82, 2.24) is 30.7 Å². The van der Waals surface area contributed by atoms with E-state index in [1.807, 2.05) is 30.7 Å². The summed E-state index contributed by atoms with van der Waals surface area (Å²) in [5.41, 5.74) is 0. The molecule has 10 heteroatoms. The molecular weight excluding hydrogens is 845 g/mol. The van der Waals surface area contributed by atoms with E-state index in [-0.39, 0.29) is 35.5 Å². The molecule has 0 aromatic rings. The Hall–Kier alpha value is -2.20. The van der Waals surface area contributed by atoms with E-state index in [9.17, 15) is 19.2 Å². The number of carbonyl (C=O) groups is 4. The van der Waals surface area contributed by atoms with Gasteiger partial charge in [-0.1, -0.05) is 208 Å². The average Bonchev–Trinajstić information content (AvgIpc) is 3.30. The molecule has 0 aliphatic rings. The van der Waals surface area contributed by atoms with E-state index in [4.69, 9.17) is 0 Å². The van der Waals surface area contributed by atoms with Crippen molar-refractivity contribution in [3.63, 3.8) is 0 Å². The van der Waals surface area contributed by atoms with Gasteiger partial charge in [0.25, 0.3) is 0 Å². The maximum absolute atomic E-state index is 13.8. The highest BCUT2D eigenvalue weighted by Gasteiger charge is 2.33. The van der Waals surface area contributed by atoms with Crippen molar-refractivity contribution in [3.8, 4) is 0 Å². The lowest BCUT2D eigenvalue weighted by Crippen LogP contribution is -2.53. The van der Waals surface area contributed by atoms with Gasteiger partial charge in [-0.05, 0) is 91.0 Å². The van der Waals surface area contributed by atoms with Crippen LogP contribution in [0.15, 0.2) is 0 Å². The minimum atomic E-state index is -0.473. The first-order valence-corrected chi connectivity index (χ1v) is 29.4. The van der Waals surface area contributed by atoms with Crippen LogP contribution in [0.1, 0.15) is 266 Å². The minimum Gasteiger partial charge on any atom is -0.354 e. The van der Waals surface area contributed by atoms with Gasteiger partial charge in [-0.2, -0.15) is 0 Å². The molecule has 2 atom stereocenters. The van der Waals surface area contributed by atoms with E-state index in [0.717, 1.165) is 83.7 Å². The smallest absolute Gasteiger partial charge is 0.243 e. The van der Waals surface area contributed by atoms with Crippen molar-refractivity contribution in [2.24, 2.45) is 11.8 Å². The summed E-state index contributed by atoms with van der Waals surface area (Å²) in [6.45, 7) is 16.9. The lowest BCUT2D eigenvalue weighted by atomic mass is 9.99. The van der Waals surface area contributed by atoms with Crippen molar-refractivity contribution in [1.29, 1.82) is 0 Å². The van der Waals surface area contributed by atoms with Crippen LogP contribution in [0.3, 0.4) is 0 Å². The molecule has 0 aliphatic heterocycles. The van der Waals surface area contributed by atoms with Gasteiger partial charge in [0.2, 0.25) is 23.6 Å². The molecule has 0 radical (unpaired) electrons. The van der Waals surface area contributed by atoms with Crippen molar-refractivity contribution in [2.75, 3.05) is 60.4 Å². The van der Waals surface area contributed by atoms with Gasteiger partial charge in [-0.25, -0.2) is 0 Å². The summed E-state index contributed by atoms with van der Waals surface area (Å²) in [5.74, 6) is 0.167. The number of nitrogens with one attached hydrogen (secondary N) is 3. The number of hydrogen-bond donors (Lipinski definition) is 3. The molecule has 4 amide bonds. The molecule has 0 saturated heterocycles. The standard InChI is InChI=1S/C58H116N6O4/c1-10-12-14-16-18-20-22-24-26-28-30-32-36-43-53(65)63(49-41-40-48-62(8)9)55(51(3)4)57(67)60-46-38-34-35-39-47-61-58(68)56(52(5)6)64(50-42-45-59-7)54(66)44-37-33-31-29-27-25-23-21-19-17-15-13-11-2/h51-52,55-56,59H,10-50H2,1-9H3,(H,60,67)(H,61,68). The van der Waals surface area contributed by atoms with Crippen LogP contribution in [-0.4, -0.2) is 111 Å². The second kappa shape index (κ2) is 47.1. The van der Waals surface area contributed by atoms with Gasteiger partial charge in [-0.3, -0.25) is 19.2 Å². The second-order valence-electron chi connectivity index (χ2n) is 21.5. The highest BCUT2D eigenvalue weighted by molar-refractivity contribution is 5.88. The van der Waals surface area contributed by atoms with Crippen LogP contribution in [0.25, 0.3) is 0 Å². The van der Waals surface area contributed by atoms with Crippen LogP contribution < -0.4 is 16.0 Å². The normalized spacial score (nSPS) is 12.5. The summed E-state index contributed by atoms with van der Waals surface area (Å²) in [6.07, 6.45) is 40.5. The van der Waals surface area contributed by atoms with Crippen molar-refractivity contribution < 1.29 is 19.2 Å². The molecule has 68 heavy (non-hydrogen) atoms. The SMILES string of the molecule is CCCCCCCCCCCCCCCC(=O)N(CCCCN(C)C)C(C(=O)NCCCCCCNC(=O)C(C(C)C)N(CCCNC)C(=O)CCCCCCCCCCCCCCC)C(C)C. The highest BCUT2D eigenvalue weighted by Crippen LogP contribution is 2.20. The summed E-state index contributed by atoms with van der Waals surface area (Å²) in [7, 11) is 6.08. The van der Waals surface area contributed by atoms with Gasteiger partial charge in [0, 0.05) is 39.0 Å². The average molecular weight is 962 g/mol. The third-order valence-corrected chi connectivity index (χ3v) is 13.9. The molecule has 0 rings (SSSR count). The first-order chi connectivity index (χ1) is 32.9. The molecule has 0 spiro atoms. The first kappa shape index (κ1) is 65.8. The maximum Gasteiger partial charge on any atom is 0.243 e. The molecule has 0 bridgehead atoms. The summed E-state index contributed by atoms with van der Waals surface area (Å²) in [5, 5.41) is 9.57. The molecule has 0 saturated carbocycles. The van der Waals surface area contributed by atoms with Crippen molar-refractivity contribution >= 4 is 23.6 Å². The molecule has 3 N–H and O–H groups in total. The van der Waals surface area contributed by atoms with Crippen LogP contribution in [0.5, 0.6) is 0 Å². The van der Waals surface area contributed by atoms with E-state index < -0.39 is 12.1 Å². The summed E-state index contributed by atoms with van der Waals surface area (Å²) in [4.78, 5) is 60.8. The Morgan fingerprint density at radius 3 is 0.971 bits per heavy atom. The van der Waals surface area contributed by atoms with Gasteiger partial charge < -0.3 is 30.7 Å². The molecule has 0 aliphatic carbocycles. The molecule has 2 unspecified atom stereocenters. The van der Waals surface area contributed by atoms with Gasteiger partial charge in [0.15, 0.2) is 0 Å². The lowest BCUT2D eigenvalue weighted by molar-refractivity contribution is -0.142. The predicted molar refractivity (Wildman–Crippen MR) is 292 cm³/mol. The number of hydrogen-bond acceptors (Lipinski definition) is 6. The number of unbranched alkanes of at least 4 members (excludes halogenated alkanes) is 28. The van der Waals surface area contributed by atoms with Crippen LogP contribution in [0.4, 0.5) is 0 Å². The fourth-order valence-electron chi connectivity index (χ4n) is 9.69. The van der Waals surface area contributed by atoms with Gasteiger partial charge in [0.05, 0.1) is 0 Å². The Morgan fingerprint density at radius 2 is 0.662 bits per heavy atom. The molecule has 10 nitrogen and oxygen atoms in total. The Bertz CT molecular complexity index is 1180. The maximum atomic E-state index is 13.8. The second-order valence-corrected chi connectivity index (χ2v) is 21.5. The zero-order valence-electron chi connectivity index (χ0n) is 46.8. The van der Waals surface area contributed by atoms with Gasteiger partial charge in [-0.15, -0.1) is 0 Å². The van der Waals surface area contributed by atoms with E-state index in [0.29, 0.717) is 39.0 Å². The number of rotatable bonds is 50. The zero-order chi connectivity index (χ0) is 50.5.